The van der Waals surface area contributed by atoms with Gasteiger partial charge in [-0.1, -0.05) is 6.92 Å². The molecule has 6 nitrogen and oxygen atoms in total. The van der Waals surface area contributed by atoms with E-state index in [0.717, 1.165) is 6.04 Å². The van der Waals surface area contributed by atoms with Gasteiger partial charge in [0.2, 0.25) is 0 Å². The molecule has 0 rings (SSSR count). The lowest BCUT2D eigenvalue weighted by Crippen LogP contribution is -2.41. The van der Waals surface area contributed by atoms with Crippen LogP contribution in [-0.2, 0) is 26.6 Å². The van der Waals surface area contributed by atoms with E-state index in [1.54, 1.807) is 42.7 Å². The van der Waals surface area contributed by atoms with Gasteiger partial charge in [-0.05, 0) is 0 Å². The Balaban J connectivity index is 0. The predicted molar refractivity (Wildman–Crippen MR) is 64.0 cm³/mol. The zero-order chi connectivity index (χ0) is 13.0. The summed E-state index contributed by atoms with van der Waals surface area (Å²) in [6, 6.07) is 0.816. The number of rotatable bonds is 7. The quantitative estimate of drug-likeness (QED) is 0.638. The van der Waals surface area contributed by atoms with Crippen molar-refractivity contribution in [2.75, 3.05) is 42.7 Å². The summed E-state index contributed by atoms with van der Waals surface area (Å²) in [4.78, 5) is 0. The SMILES string of the molecule is CC[Si](OC)(OC)OC.CO[Si](OC)OC. The molecule has 0 spiro atoms. The van der Waals surface area contributed by atoms with Crippen molar-refractivity contribution in [2.45, 2.75) is 13.0 Å². The lowest BCUT2D eigenvalue weighted by molar-refractivity contribution is 0.125. The molecule has 0 fully saturated rings. The van der Waals surface area contributed by atoms with Gasteiger partial charge in [-0.3, -0.25) is 0 Å². The van der Waals surface area contributed by atoms with Crippen LogP contribution in [0, 0.1) is 0 Å². The van der Waals surface area contributed by atoms with Crippen molar-refractivity contribution in [1.29, 1.82) is 0 Å². The normalized spacial score (nSPS) is 11.2. The van der Waals surface area contributed by atoms with Crippen LogP contribution in [0.4, 0.5) is 0 Å². The maximum Gasteiger partial charge on any atom is 0.576 e. The van der Waals surface area contributed by atoms with Gasteiger partial charge in [-0.25, -0.2) is 0 Å². The topological polar surface area (TPSA) is 55.4 Å². The van der Waals surface area contributed by atoms with Crippen molar-refractivity contribution in [2.24, 2.45) is 0 Å². The van der Waals surface area contributed by atoms with Gasteiger partial charge in [0.05, 0.1) is 0 Å². The first-order valence-corrected chi connectivity index (χ1v) is 7.89. The van der Waals surface area contributed by atoms with E-state index in [1.165, 1.54) is 0 Å². The maximum absolute atomic E-state index is 5.08. The van der Waals surface area contributed by atoms with Crippen molar-refractivity contribution >= 4 is 18.3 Å². The van der Waals surface area contributed by atoms with Crippen LogP contribution in [-0.4, -0.2) is 61.0 Å². The van der Waals surface area contributed by atoms with E-state index < -0.39 is 18.3 Å². The van der Waals surface area contributed by atoms with E-state index >= 15 is 0 Å². The average molecular weight is 271 g/mol. The molecule has 0 bridgehead atoms. The van der Waals surface area contributed by atoms with Crippen molar-refractivity contribution in [3.05, 3.63) is 0 Å². The Bertz CT molecular complexity index is 117. The molecule has 0 heterocycles. The molecule has 0 N–H and O–H groups in total. The fraction of sp³-hybridized carbons (Fsp3) is 1.00. The number of hydrogen-bond donors (Lipinski definition) is 0. The van der Waals surface area contributed by atoms with Gasteiger partial charge >= 0.3 is 18.3 Å². The Hall–Kier alpha value is 0.194. The van der Waals surface area contributed by atoms with Crippen LogP contribution in [0.1, 0.15) is 6.92 Å². The molecule has 0 saturated heterocycles. The molecule has 0 amide bonds. The van der Waals surface area contributed by atoms with Crippen LogP contribution >= 0.6 is 0 Å². The third kappa shape index (κ3) is 7.46. The second-order valence-electron chi connectivity index (χ2n) is 2.51. The summed E-state index contributed by atoms with van der Waals surface area (Å²) in [5.74, 6) is 0. The van der Waals surface area contributed by atoms with E-state index in [9.17, 15) is 0 Å². The molecule has 99 valence electrons. The van der Waals surface area contributed by atoms with Gasteiger partial charge in [0.15, 0.2) is 0 Å². The summed E-state index contributed by atoms with van der Waals surface area (Å²) >= 11 is 0. The van der Waals surface area contributed by atoms with Crippen LogP contribution in [0.3, 0.4) is 0 Å². The Morgan fingerprint density at radius 3 is 1.06 bits per heavy atom. The van der Waals surface area contributed by atoms with Crippen molar-refractivity contribution < 1.29 is 26.6 Å². The lowest BCUT2D eigenvalue weighted by Gasteiger charge is -2.22. The average Bonchev–Trinajstić information content (AvgIpc) is 2.36. The minimum atomic E-state index is -2.19. The molecule has 16 heavy (non-hydrogen) atoms. The molecule has 0 aliphatic carbocycles. The zero-order valence-corrected chi connectivity index (χ0v) is 13.2. The van der Waals surface area contributed by atoms with Crippen molar-refractivity contribution in [3.63, 3.8) is 0 Å². The highest BCUT2D eigenvalue weighted by Gasteiger charge is 2.34. The third-order valence-corrected chi connectivity index (χ3v) is 5.60. The Kier molecular flexibility index (Phi) is 13.5. The Morgan fingerprint density at radius 1 is 0.750 bits per heavy atom. The summed E-state index contributed by atoms with van der Waals surface area (Å²) in [6.45, 7) is 1.99. The van der Waals surface area contributed by atoms with Crippen LogP contribution < -0.4 is 0 Å². The molecule has 0 aromatic carbocycles. The van der Waals surface area contributed by atoms with Gasteiger partial charge in [-0.15, -0.1) is 0 Å². The highest BCUT2D eigenvalue weighted by atomic mass is 28.4. The first-order chi connectivity index (χ1) is 7.59. The fourth-order valence-electron chi connectivity index (χ4n) is 0.933. The van der Waals surface area contributed by atoms with Gasteiger partial charge in [0, 0.05) is 48.7 Å². The molecule has 0 aliphatic heterocycles. The number of hydrogen-bond acceptors (Lipinski definition) is 6. The largest absolute Gasteiger partial charge is 0.576 e. The highest BCUT2D eigenvalue weighted by Crippen LogP contribution is 2.10. The molecule has 0 aliphatic rings. The van der Waals surface area contributed by atoms with Crippen molar-refractivity contribution in [1.82, 2.24) is 0 Å². The summed E-state index contributed by atoms with van der Waals surface area (Å²) in [7, 11) is 5.96. The first kappa shape index (κ1) is 18.6. The predicted octanol–water partition coefficient (Wildman–Crippen LogP) is 0.795. The molecule has 0 saturated carbocycles. The molecular weight excluding hydrogens is 248 g/mol. The maximum atomic E-state index is 5.08. The van der Waals surface area contributed by atoms with E-state index in [1.807, 2.05) is 6.92 Å². The molecule has 0 atom stereocenters. The Labute approximate surface area is 101 Å². The Morgan fingerprint density at radius 2 is 1.06 bits per heavy atom. The molecule has 0 unspecified atom stereocenters. The summed E-state index contributed by atoms with van der Waals surface area (Å²) in [5, 5.41) is 0. The molecule has 0 aromatic rings. The van der Waals surface area contributed by atoms with Crippen LogP contribution in [0.5, 0.6) is 0 Å². The molecule has 1 radical (unpaired) electrons. The zero-order valence-electron chi connectivity index (χ0n) is 11.2. The lowest BCUT2D eigenvalue weighted by atomic mass is 11.0. The van der Waals surface area contributed by atoms with Gasteiger partial charge in [-0.2, -0.15) is 0 Å². The van der Waals surface area contributed by atoms with Crippen molar-refractivity contribution in [3.8, 4) is 0 Å². The molecule has 8 heteroatoms. The smallest absolute Gasteiger partial charge is 0.377 e. The van der Waals surface area contributed by atoms with Crippen LogP contribution in [0.25, 0.3) is 0 Å². The minimum Gasteiger partial charge on any atom is -0.377 e. The van der Waals surface area contributed by atoms with E-state index in [2.05, 4.69) is 0 Å². The monoisotopic (exact) mass is 271 g/mol. The standard InChI is InChI=1S/C5H14O3Si.C3H9O3Si/c1-5-9(6-2,7-3)8-4;1-4-7(5-2)6-3/h5H2,1-4H3;1-3H3. The van der Waals surface area contributed by atoms with Gasteiger partial charge in [0.25, 0.3) is 0 Å². The summed E-state index contributed by atoms with van der Waals surface area (Å²) in [5.41, 5.74) is 0. The fourth-order valence-corrected chi connectivity index (χ4v) is 2.80. The van der Waals surface area contributed by atoms with Gasteiger partial charge < -0.3 is 26.6 Å². The van der Waals surface area contributed by atoms with E-state index in [0.29, 0.717) is 0 Å². The highest BCUT2D eigenvalue weighted by molar-refractivity contribution is 6.60. The molecule has 0 aromatic heterocycles. The van der Waals surface area contributed by atoms with Gasteiger partial charge in [0.1, 0.15) is 0 Å². The van der Waals surface area contributed by atoms with Crippen LogP contribution in [0.15, 0.2) is 0 Å². The van der Waals surface area contributed by atoms with Crippen LogP contribution in [0.2, 0.25) is 6.04 Å². The second kappa shape index (κ2) is 11.7. The van der Waals surface area contributed by atoms with E-state index in [4.69, 9.17) is 26.6 Å². The minimum absolute atomic E-state index is 0.816. The summed E-state index contributed by atoms with van der Waals surface area (Å²) < 4.78 is 29.4. The van der Waals surface area contributed by atoms with E-state index in [-0.39, 0.29) is 0 Å². The molecular formula is C8H23O6Si2. The second-order valence-corrected chi connectivity index (χ2v) is 7.53. The summed E-state index contributed by atoms with van der Waals surface area (Å²) in [6.07, 6.45) is 0. The third-order valence-electron chi connectivity index (χ3n) is 1.87. The first-order valence-electron chi connectivity index (χ1n) is 4.73.